The second-order valence-corrected chi connectivity index (χ2v) is 5.41. The third-order valence-corrected chi connectivity index (χ3v) is 3.90. The number of hydrogen-bond acceptors (Lipinski definition) is 4. The first-order valence-corrected chi connectivity index (χ1v) is 7.46. The van der Waals surface area contributed by atoms with E-state index in [1.165, 1.54) is 5.56 Å². The molecule has 1 aliphatic rings. The van der Waals surface area contributed by atoms with E-state index in [1.807, 2.05) is 18.3 Å². The largest absolute Gasteiger partial charge is 0.399 e. The van der Waals surface area contributed by atoms with E-state index in [0.717, 1.165) is 57.3 Å². The highest BCUT2D eigenvalue weighted by Crippen LogP contribution is 2.11. The molecule has 1 aromatic heterocycles. The summed E-state index contributed by atoms with van der Waals surface area (Å²) >= 11 is 0. The molecule has 112 valence electrons. The fraction of sp³-hybridized carbons (Fsp3) is 0.438. The van der Waals surface area contributed by atoms with Crippen LogP contribution >= 0.6 is 0 Å². The molecule has 0 unspecified atom stereocenters. The van der Waals surface area contributed by atoms with Crippen LogP contribution in [0.5, 0.6) is 0 Å². The summed E-state index contributed by atoms with van der Waals surface area (Å²) in [6.45, 7) is 5.78. The number of ether oxygens (including phenoxy) is 1. The van der Waals surface area contributed by atoms with Gasteiger partial charge in [0.1, 0.15) is 5.82 Å². The highest BCUT2D eigenvalue weighted by molar-refractivity contribution is 5.39. The van der Waals surface area contributed by atoms with E-state index in [1.54, 1.807) is 0 Å². The number of imidazole rings is 1. The van der Waals surface area contributed by atoms with Crippen LogP contribution in [0.3, 0.4) is 0 Å². The van der Waals surface area contributed by atoms with Crippen molar-refractivity contribution in [1.82, 2.24) is 14.5 Å². The normalized spacial score (nSPS) is 16.2. The molecule has 5 nitrogen and oxygen atoms in total. The molecule has 0 atom stereocenters. The summed E-state index contributed by atoms with van der Waals surface area (Å²) in [5, 5.41) is 0. The molecule has 3 rings (SSSR count). The smallest absolute Gasteiger partial charge is 0.113 e. The predicted molar refractivity (Wildman–Crippen MR) is 83.1 cm³/mol. The van der Waals surface area contributed by atoms with Gasteiger partial charge in [-0.2, -0.15) is 0 Å². The molecule has 0 spiro atoms. The van der Waals surface area contributed by atoms with E-state index in [0.29, 0.717) is 0 Å². The van der Waals surface area contributed by atoms with Gasteiger partial charge in [0.25, 0.3) is 0 Å². The second-order valence-electron chi connectivity index (χ2n) is 5.41. The van der Waals surface area contributed by atoms with Gasteiger partial charge in [-0.1, -0.05) is 12.1 Å². The summed E-state index contributed by atoms with van der Waals surface area (Å²) in [6, 6.07) is 8.01. The van der Waals surface area contributed by atoms with Gasteiger partial charge in [0.05, 0.1) is 13.2 Å². The van der Waals surface area contributed by atoms with Crippen molar-refractivity contribution in [2.75, 3.05) is 38.6 Å². The molecular formula is C16H22N4O. The van der Waals surface area contributed by atoms with E-state index in [9.17, 15) is 0 Å². The lowest BCUT2D eigenvalue weighted by Crippen LogP contribution is -2.38. The zero-order chi connectivity index (χ0) is 14.5. The van der Waals surface area contributed by atoms with E-state index in [2.05, 4.69) is 32.8 Å². The number of aromatic nitrogens is 2. The minimum Gasteiger partial charge on any atom is -0.399 e. The highest BCUT2D eigenvalue weighted by Gasteiger charge is 2.11. The monoisotopic (exact) mass is 286 g/mol. The minimum atomic E-state index is 0.800. The SMILES string of the molecule is Nc1ccc(Cc2nccn2CCN2CCOCC2)cc1. The second kappa shape index (κ2) is 6.74. The van der Waals surface area contributed by atoms with Crippen LogP contribution in [0.25, 0.3) is 0 Å². The Kier molecular flexibility index (Phi) is 4.52. The van der Waals surface area contributed by atoms with Crippen LogP contribution in [-0.2, 0) is 17.7 Å². The summed E-state index contributed by atoms with van der Waals surface area (Å²) in [5.74, 6) is 1.10. The summed E-state index contributed by atoms with van der Waals surface area (Å²) in [6.07, 6.45) is 4.79. The van der Waals surface area contributed by atoms with Gasteiger partial charge in [-0.15, -0.1) is 0 Å². The number of nitrogens with zero attached hydrogens (tertiary/aromatic N) is 3. The topological polar surface area (TPSA) is 56.3 Å². The summed E-state index contributed by atoms with van der Waals surface area (Å²) in [4.78, 5) is 6.93. The number of hydrogen-bond donors (Lipinski definition) is 1. The molecule has 0 aliphatic carbocycles. The molecule has 1 aliphatic heterocycles. The maximum absolute atomic E-state index is 5.72. The Hall–Kier alpha value is -1.85. The Labute approximate surface area is 125 Å². The molecule has 0 saturated carbocycles. The maximum Gasteiger partial charge on any atom is 0.113 e. The molecule has 2 heterocycles. The van der Waals surface area contributed by atoms with Crippen molar-refractivity contribution in [2.45, 2.75) is 13.0 Å². The van der Waals surface area contributed by atoms with Crippen molar-refractivity contribution in [3.8, 4) is 0 Å². The summed E-state index contributed by atoms with van der Waals surface area (Å²) in [5.41, 5.74) is 7.76. The Morgan fingerprint density at radius 2 is 1.86 bits per heavy atom. The minimum absolute atomic E-state index is 0.800. The number of anilines is 1. The van der Waals surface area contributed by atoms with E-state index < -0.39 is 0 Å². The Morgan fingerprint density at radius 1 is 1.10 bits per heavy atom. The molecule has 0 amide bonds. The Balaban J connectivity index is 1.59. The first-order chi connectivity index (χ1) is 10.3. The molecule has 2 aromatic rings. The van der Waals surface area contributed by atoms with Crippen molar-refractivity contribution in [3.05, 3.63) is 48.0 Å². The van der Waals surface area contributed by atoms with Crippen molar-refractivity contribution < 1.29 is 4.74 Å². The van der Waals surface area contributed by atoms with Crippen LogP contribution in [0.4, 0.5) is 5.69 Å². The Bertz CT molecular complexity index is 558. The van der Waals surface area contributed by atoms with Crippen LogP contribution in [0.1, 0.15) is 11.4 Å². The maximum atomic E-state index is 5.72. The lowest BCUT2D eigenvalue weighted by molar-refractivity contribution is 0.0363. The summed E-state index contributed by atoms with van der Waals surface area (Å²) < 4.78 is 7.62. The van der Waals surface area contributed by atoms with Gasteiger partial charge >= 0.3 is 0 Å². The molecule has 5 heteroatoms. The quantitative estimate of drug-likeness (QED) is 0.844. The highest BCUT2D eigenvalue weighted by atomic mass is 16.5. The van der Waals surface area contributed by atoms with E-state index >= 15 is 0 Å². The summed E-state index contributed by atoms with van der Waals surface area (Å²) in [7, 11) is 0. The predicted octanol–water partition coefficient (Wildman–Crippen LogP) is 1.39. The van der Waals surface area contributed by atoms with Crippen LogP contribution < -0.4 is 5.73 Å². The fourth-order valence-corrected chi connectivity index (χ4v) is 2.60. The van der Waals surface area contributed by atoms with Crippen molar-refractivity contribution in [2.24, 2.45) is 0 Å². The van der Waals surface area contributed by atoms with Crippen LogP contribution in [0, 0.1) is 0 Å². The molecule has 1 aromatic carbocycles. The van der Waals surface area contributed by atoms with Crippen LogP contribution in [0.2, 0.25) is 0 Å². The zero-order valence-corrected chi connectivity index (χ0v) is 12.2. The van der Waals surface area contributed by atoms with Gasteiger partial charge in [-0.05, 0) is 17.7 Å². The number of benzene rings is 1. The molecule has 0 bridgehead atoms. The van der Waals surface area contributed by atoms with Crippen molar-refractivity contribution in [3.63, 3.8) is 0 Å². The fourth-order valence-electron chi connectivity index (χ4n) is 2.60. The first-order valence-electron chi connectivity index (χ1n) is 7.46. The molecule has 21 heavy (non-hydrogen) atoms. The standard InChI is InChI=1S/C16H22N4O/c17-15-3-1-14(2-4-15)13-16-18-5-6-20(16)8-7-19-9-11-21-12-10-19/h1-6H,7-13,17H2. The number of nitrogens with two attached hydrogens (primary N) is 1. The molecule has 0 radical (unpaired) electrons. The van der Waals surface area contributed by atoms with Gasteiger partial charge in [-0.25, -0.2) is 4.98 Å². The van der Waals surface area contributed by atoms with E-state index in [4.69, 9.17) is 10.5 Å². The lowest BCUT2D eigenvalue weighted by atomic mass is 10.1. The molecule has 2 N–H and O–H groups in total. The van der Waals surface area contributed by atoms with Gasteiger partial charge in [0.15, 0.2) is 0 Å². The number of nitrogen functional groups attached to an aromatic ring is 1. The Morgan fingerprint density at radius 3 is 2.62 bits per heavy atom. The van der Waals surface area contributed by atoms with Gasteiger partial charge in [0.2, 0.25) is 0 Å². The first kappa shape index (κ1) is 14.1. The van der Waals surface area contributed by atoms with Crippen LogP contribution in [0.15, 0.2) is 36.7 Å². The van der Waals surface area contributed by atoms with Crippen molar-refractivity contribution >= 4 is 5.69 Å². The van der Waals surface area contributed by atoms with Gasteiger partial charge < -0.3 is 15.0 Å². The lowest BCUT2D eigenvalue weighted by Gasteiger charge is -2.26. The van der Waals surface area contributed by atoms with E-state index in [-0.39, 0.29) is 0 Å². The third kappa shape index (κ3) is 3.83. The van der Waals surface area contributed by atoms with Crippen molar-refractivity contribution in [1.29, 1.82) is 0 Å². The third-order valence-electron chi connectivity index (χ3n) is 3.90. The van der Waals surface area contributed by atoms with Crippen LogP contribution in [-0.4, -0.2) is 47.3 Å². The average molecular weight is 286 g/mol. The number of morpholine rings is 1. The average Bonchev–Trinajstić information content (AvgIpc) is 2.96. The van der Waals surface area contributed by atoms with Gasteiger partial charge in [0, 0.05) is 50.7 Å². The van der Waals surface area contributed by atoms with Gasteiger partial charge in [-0.3, -0.25) is 4.90 Å². The number of rotatable bonds is 5. The molecule has 1 saturated heterocycles. The molecular weight excluding hydrogens is 264 g/mol. The zero-order valence-electron chi connectivity index (χ0n) is 12.2. The molecule has 1 fully saturated rings.